The molecule has 0 atom stereocenters. The number of nitrogens with zero attached hydrogens (tertiary/aromatic N) is 3. The molecular formula is C24H25N3O3S. The molecule has 6 nitrogen and oxygen atoms in total. The molecule has 2 heterocycles. The van der Waals surface area contributed by atoms with Crippen molar-refractivity contribution in [2.75, 3.05) is 23.1 Å². The van der Waals surface area contributed by atoms with Crippen molar-refractivity contribution in [2.45, 2.75) is 19.4 Å². The Morgan fingerprint density at radius 2 is 1.71 bits per heavy atom. The summed E-state index contributed by atoms with van der Waals surface area (Å²) in [6.07, 6.45) is 4.85. The number of carbonyl (C=O) groups is 1. The van der Waals surface area contributed by atoms with Gasteiger partial charge in [-0.2, -0.15) is 0 Å². The molecule has 0 radical (unpaired) electrons. The molecule has 0 aliphatic carbocycles. The molecule has 4 rings (SSSR count). The van der Waals surface area contributed by atoms with Crippen molar-refractivity contribution in [3.8, 4) is 0 Å². The lowest BCUT2D eigenvalue weighted by atomic mass is 10.1. The second-order valence-corrected chi connectivity index (χ2v) is 9.63. The number of pyridine rings is 1. The molecule has 0 unspecified atom stereocenters. The van der Waals surface area contributed by atoms with E-state index in [1.165, 1.54) is 9.87 Å². The largest absolute Gasteiger partial charge is 0.334 e. The summed E-state index contributed by atoms with van der Waals surface area (Å²) in [5, 5.41) is 0. The Kier molecular flexibility index (Phi) is 6.32. The van der Waals surface area contributed by atoms with Gasteiger partial charge in [0.2, 0.25) is 10.0 Å². The number of carbonyl (C=O) groups excluding carboxylic acids is 1. The van der Waals surface area contributed by atoms with Crippen molar-refractivity contribution in [2.24, 2.45) is 0 Å². The van der Waals surface area contributed by atoms with Crippen molar-refractivity contribution in [3.05, 3.63) is 95.8 Å². The van der Waals surface area contributed by atoms with Crippen LogP contribution in [-0.2, 0) is 23.0 Å². The molecule has 1 aliphatic rings. The van der Waals surface area contributed by atoms with Crippen LogP contribution in [0, 0.1) is 0 Å². The first-order valence-corrected chi connectivity index (χ1v) is 12.0. The van der Waals surface area contributed by atoms with Crippen LogP contribution in [0.1, 0.15) is 27.9 Å². The summed E-state index contributed by atoms with van der Waals surface area (Å²) in [5.41, 5.74) is 3.28. The zero-order chi connectivity index (χ0) is 21.7. The second kappa shape index (κ2) is 9.31. The fourth-order valence-corrected chi connectivity index (χ4v) is 5.32. The SMILES string of the molecule is O=C(c1ccc(N2CCCS2(=O)=O)cc1)N(CCc1ccccc1)Cc1cccnc1. The molecular weight excluding hydrogens is 410 g/mol. The van der Waals surface area contributed by atoms with Gasteiger partial charge < -0.3 is 4.90 Å². The van der Waals surface area contributed by atoms with E-state index in [9.17, 15) is 13.2 Å². The van der Waals surface area contributed by atoms with Crippen LogP contribution in [0.15, 0.2) is 79.1 Å². The van der Waals surface area contributed by atoms with Crippen LogP contribution in [0.2, 0.25) is 0 Å². The lowest BCUT2D eigenvalue weighted by molar-refractivity contribution is 0.0745. The molecule has 1 saturated heterocycles. The standard InChI is InChI=1S/C24H25N3O3S/c28-24(22-9-11-23(12-10-22)27-15-5-17-31(27,29)30)26(19-21-8-4-14-25-18-21)16-13-20-6-2-1-3-7-20/h1-4,6-12,14,18H,5,13,15-17,19H2. The molecule has 0 saturated carbocycles. The monoisotopic (exact) mass is 435 g/mol. The van der Waals surface area contributed by atoms with Gasteiger partial charge in [0.1, 0.15) is 0 Å². The molecule has 7 heteroatoms. The summed E-state index contributed by atoms with van der Waals surface area (Å²) in [4.78, 5) is 19.3. The molecule has 1 fully saturated rings. The summed E-state index contributed by atoms with van der Waals surface area (Å²) >= 11 is 0. The van der Waals surface area contributed by atoms with E-state index in [0.29, 0.717) is 37.3 Å². The van der Waals surface area contributed by atoms with Crippen LogP contribution >= 0.6 is 0 Å². The number of anilines is 1. The zero-order valence-electron chi connectivity index (χ0n) is 17.2. The molecule has 31 heavy (non-hydrogen) atoms. The predicted octanol–water partition coefficient (Wildman–Crippen LogP) is 3.51. The first-order valence-electron chi connectivity index (χ1n) is 10.4. The van der Waals surface area contributed by atoms with E-state index in [4.69, 9.17) is 0 Å². The minimum Gasteiger partial charge on any atom is -0.334 e. The average molecular weight is 436 g/mol. The topological polar surface area (TPSA) is 70.6 Å². The number of benzene rings is 2. The van der Waals surface area contributed by atoms with Gasteiger partial charge in [0.05, 0.1) is 11.4 Å². The van der Waals surface area contributed by atoms with Gasteiger partial charge in [-0.1, -0.05) is 36.4 Å². The van der Waals surface area contributed by atoms with Gasteiger partial charge in [-0.05, 0) is 54.3 Å². The molecule has 0 N–H and O–H groups in total. The normalized spacial score (nSPS) is 15.0. The Bertz CT molecular complexity index is 1120. The van der Waals surface area contributed by atoms with Gasteiger partial charge in [-0.25, -0.2) is 8.42 Å². The van der Waals surface area contributed by atoms with Crippen molar-refractivity contribution in [1.82, 2.24) is 9.88 Å². The van der Waals surface area contributed by atoms with E-state index >= 15 is 0 Å². The fraction of sp³-hybridized carbons (Fsp3) is 0.250. The molecule has 1 aliphatic heterocycles. The number of sulfonamides is 1. The lowest BCUT2D eigenvalue weighted by Crippen LogP contribution is -2.32. The Hall–Kier alpha value is -3.19. The quantitative estimate of drug-likeness (QED) is 0.569. The molecule has 160 valence electrons. The summed E-state index contributed by atoms with van der Waals surface area (Å²) in [5.74, 6) is 0.0853. The van der Waals surface area contributed by atoms with Crippen LogP contribution in [0.3, 0.4) is 0 Å². The zero-order valence-corrected chi connectivity index (χ0v) is 18.0. The number of aromatic nitrogens is 1. The molecule has 0 bridgehead atoms. The van der Waals surface area contributed by atoms with Crippen LogP contribution in [0.5, 0.6) is 0 Å². The maximum Gasteiger partial charge on any atom is 0.254 e. The number of amides is 1. The highest BCUT2D eigenvalue weighted by molar-refractivity contribution is 7.93. The highest BCUT2D eigenvalue weighted by atomic mass is 32.2. The van der Waals surface area contributed by atoms with Crippen LogP contribution in [0.25, 0.3) is 0 Å². The third-order valence-corrected chi connectivity index (χ3v) is 7.27. The van der Waals surface area contributed by atoms with Gasteiger partial charge in [0.15, 0.2) is 0 Å². The van der Waals surface area contributed by atoms with E-state index in [-0.39, 0.29) is 11.7 Å². The van der Waals surface area contributed by atoms with Crippen LogP contribution in [-0.4, -0.2) is 43.1 Å². The maximum absolute atomic E-state index is 13.3. The smallest absolute Gasteiger partial charge is 0.254 e. The number of rotatable bonds is 7. The first-order chi connectivity index (χ1) is 15.0. The maximum atomic E-state index is 13.3. The molecule has 1 aromatic heterocycles. The molecule has 2 aromatic carbocycles. The average Bonchev–Trinajstić information content (AvgIpc) is 3.16. The third-order valence-electron chi connectivity index (χ3n) is 5.40. The Balaban J connectivity index is 1.53. The summed E-state index contributed by atoms with van der Waals surface area (Å²) in [6.45, 7) is 1.52. The Morgan fingerprint density at radius 3 is 2.35 bits per heavy atom. The third kappa shape index (κ3) is 5.11. The van der Waals surface area contributed by atoms with Gasteiger partial charge in [-0.3, -0.25) is 14.1 Å². The summed E-state index contributed by atoms with van der Waals surface area (Å²) < 4.78 is 25.7. The van der Waals surface area contributed by atoms with Gasteiger partial charge in [0, 0.05) is 37.6 Å². The van der Waals surface area contributed by atoms with E-state index in [2.05, 4.69) is 17.1 Å². The summed E-state index contributed by atoms with van der Waals surface area (Å²) in [6, 6.07) is 20.7. The van der Waals surface area contributed by atoms with E-state index in [0.717, 1.165) is 12.0 Å². The van der Waals surface area contributed by atoms with Gasteiger partial charge in [0.25, 0.3) is 5.91 Å². The Morgan fingerprint density at radius 1 is 0.968 bits per heavy atom. The second-order valence-electron chi connectivity index (χ2n) is 7.61. The summed E-state index contributed by atoms with van der Waals surface area (Å²) in [7, 11) is -3.24. The van der Waals surface area contributed by atoms with Crippen LogP contribution < -0.4 is 4.31 Å². The number of hydrogen-bond donors (Lipinski definition) is 0. The predicted molar refractivity (Wildman–Crippen MR) is 121 cm³/mol. The van der Waals surface area contributed by atoms with Crippen molar-refractivity contribution in [1.29, 1.82) is 0 Å². The highest BCUT2D eigenvalue weighted by Crippen LogP contribution is 2.24. The number of hydrogen-bond acceptors (Lipinski definition) is 4. The van der Waals surface area contributed by atoms with E-state index in [1.807, 2.05) is 35.2 Å². The fourth-order valence-electron chi connectivity index (χ4n) is 3.76. The van der Waals surface area contributed by atoms with Crippen molar-refractivity contribution >= 4 is 21.6 Å². The van der Waals surface area contributed by atoms with Gasteiger partial charge in [-0.15, -0.1) is 0 Å². The van der Waals surface area contributed by atoms with Crippen molar-refractivity contribution in [3.63, 3.8) is 0 Å². The first kappa shape index (κ1) is 21.1. The lowest BCUT2D eigenvalue weighted by Gasteiger charge is -2.23. The van der Waals surface area contributed by atoms with E-state index < -0.39 is 10.0 Å². The minimum atomic E-state index is -3.24. The molecule has 1 amide bonds. The molecule has 0 spiro atoms. The molecule has 3 aromatic rings. The van der Waals surface area contributed by atoms with E-state index in [1.54, 1.807) is 36.7 Å². The highest BCUT2D eigenvalue weighted by Gasteiger charge is 2.28. The van der Waals surface area contributed by atoms with Crippen LogP contribution in [0.4, 0.5) is 5.69 Å². The van der Waals surface area contributed by atoms with Crippen molar-refractivity contribution < 1.29 is 13.2 Å². The Labute approximate surface area is 183 Å². The van der Waals surface area contributed by atoms with Gasteiger partial charge >= 0.3 is 0 Å². The minimum absolute atomic E-state index is 0.0874.